The van der Waals surface area contributed by atoms with Gasteiger partial charge in [-0.05, 0) is 30.6 Å². The average Bonchev–Trinajstić information content (AvgIpc) is 2.24. The van der Waals surface area contributed by atoms with E-state index < -0.39 is 0 Å². The van der Waals surface area contributed by atoms with Crippen molar-refractivity contribution in [3.05, 3.63) is 0 Å². The first-order chi connectivity index (χ1) is 8.03. The van der Waals surface area contributed by atoms with Crippen LogP contribution in [-0.2, 0) is 9.53 Å². The lowest BCUT2D eigenvalue weighted by Gasteiger charge is -2.35. The van der Waals surface area contributed by atoms with Crippen LogP contribution in [0.5, 0.6) is 0 Å². The summed E-state index contributed by atoms with van der Waals surface area (Å²) >= 11 is 0. The summed E-state index contributed by atoms with van der Waals surface area (Å²) < 4.78 is 5.54. The zero-order valence-corrected chi connectivity index (χ0v) is 13.6. The van der Waals surface area contributed by atoms with Gasteiger partial charge in [0.25, 0.3) is 0 Å². The minimum Gasteiger partial charge on any atom is -0.462 e. The standard InChI is InChI=1S/C16H32O2/c1-9-12(3)18-14(17)13(15(4,5)6)11-16(7,8)10-2/h12-13H,9-11H2,1-8H3. The predicted octanol–water partition coefficient (Wildman–Crippen LogP) is 4.82. The summed E-state index contributed by atoms with van der Waals surface area (Å²) in [5.74, 6) is -0.0557. The number of hydrogen-bond donors (Lipinski definition) is 0. The second kappa shape index (κ2) is 6.58. The van der Waals surface area contributed by atoms with E-state index in [0.717, 1.165) is 19.3 Å². The average molecular weight is 256 g/mol. The molecule has 0 aromatic heterocycles. The van der Waals surface area contributed by atoms with E-state index in [1.165, 1.54) is 0 Å². The maximum Gasteiger partial charge on any atom is 0.309 e. The monoisotopic (exact) mass is 256 g/mol. The van der Waals surface area contributed by atoms with Gasteiger partial charge in [0.05, 0.1) is 12.0 Å². The van der Waals surface area contributed by atoms with E-state index in [1.807, 2.05) is 13.8 Å². The Morgan fingerprint density at radius 3 is 1.94 bits per heavy atom. The van der Waals surface area contributed by atoms with E-state index in [2.05, 4.69) is 41.5 Å². The molecule has 108 valence electrons. The summed E-state index contributed by atoms with van der Waals surface area (Å²) in [6.45, 7) is 17.0. The van der Waals surface area contributed by atoms with Crippen LogP contribution in [0.15, 0.2) is 0 Å². The van der Waals surface area contributed by atoms with Gasteiger partial charge in [0, 0.05) is 0 Å². The lowest BCUT2D eigenvalue weighted by molar-refractivity contribution is -0.159. The van der Waals surface area contributed by atoms with Crippen LogP contribution in [0.4, 0.5) is 0 Å². The molecule has 0 bridgehead atoms. The van der Waals surface area contributed by atoms with Gasteiger partial charge in [0.2, 0.25) is 0 Å². The van der Waals surface area contributed by atoms with Gasteiger partial charge in [-0.2, -0.15) is 0 Å². The quantitative estimate of drug-likeness (QED) is 0.637. The molecule has 0 heterocycles. The second-order valence-corrected chi connectivity index (χ2v) is 7.30. The zero-order chi connectivity index (χ0) is 14.6. The van der Waals surface area contributed by atoms with Crippen LogP contribution in [0.25, 0.3) is 0 Å². The van der Waals surface area contributed by atoms with Gasteiger partial charge in [-0.25, -0.2) is 0 Å². The molecule has 0 aromatic carbocycles. The van der Waals surface area contributed by atoms with E-state index in [-0.39, 0.29) is 28.8 Å². The Bertz CT molecular complexity index is 261. The van der Waals surface area contributed by atoms with Gasteiger partial charge in [-0.3, -0.25) is 4.79 Å². The largest absolute Gasteiger partial charge is 0.462 e. The summed E-state index contributed by atoms with van der Waals surface area (Å²) in [7, 11) is 0. The fourth-order valence-electron chi connectivity index (χ4n) is 1.80. The van der Waals surface area contributed by atoms with Crippen LogP contribution in [0.2, 0.25) is 0 Å². The number of hydrogen-bond acceptors (Lipinski definition) is 2. The number of carbonyl (C=O) groups excluding carboxylic acids is 1. The third-order valence-corrected chi connectivity index (χ3v) is 3.94. The molecule has 0 spiro atoms. The SMILES string of the molecule is CCC(C)OC(=O)C(CC(C)(C)CC)C(C)(C)C. The molecule has 2 unspecified atom stereocenters. The molecule has 0 aliphatic heterocycles. The Labute approximate surface area is 113 Å². The number of esters is 1. The summed E-state index contributed by atoms with van der Waals surface area (Å²) in [6, 6.07) is 0. The highest BCUT2D eigenvalue weighted by molar-refractivity contribution is 5.73. The van der Waals surface area contributed by atoms with Crippen molar-refractivity contribution in [3.8, 4) is 0 Å². The minimum absolute atomic E-state index is 0.0205. The molecule has 0 aromatic rings. The van der Waals surface area contributed by atoms with Gasteiger partial charge in [-0.1, -0.05) is 54.9 Å². The van der Waals surface area contributed by atoms with Gasteiger partial charge < -0.3 is 4.74 Å². The van der Waals surface area contributed by atoms with Crippen LogP contribution in [0.1, 0.15) is 74.7 Å². The van der Waals surface area contributed by atoms with Crippen LogP contribution >= 0.6 is 0 Å². The molecule has 0 fully saturated rings. The number of ether oxygens (including phenoxy) is 1. The van der Waals surface area contributed by atoms with Crippen molar-refractivity contribution >= 4 is 5.97 Å². The molecule has 0 aliphatic rings. The third kappa shape index (κ3) is 5.88. The molecule has 0 radical (unpaired) electrons. The van der Waals surface area contributed by atoms with Crippen LogP contribution in [0, 0.1) is 16.7 Å². The molecule has 2 atom stereocenters. The van der Waals surface area contributed by atoms with E-state index in [0.29, 0.717) is 0 Å². The van der Waals surface area contributed by atoms with Gasteiger partial charge in [0.1, 0.15) is 0 Å². The highest BCUT2D eigenvalue weighted by Gasteiger charge is 2.37. The first-order valence-electron chi connectivity index (χ1n) is 7.24. The number of rotatable bonds is 6. The molecular weight excluding hydrogens is 224 g/mol. The first kappa shape index (κ1) is 17.5. The highest BCUT2D eigenvalue weighted by Crippen LogP contribution is 2.38. The molecule has 0 rings (SSSR count). The van der Waals surface area contributed by atoms with Crippen molar-refractivity contribution in [3.63, 3.8) is 0 Å². The maximum absolute atomic E-state index is 12.3. The van der Waals surface area contributed by atoms with E-state index >= 15 is 0 Å². The van der Waals surface area contributed by atoms with Gasteiger partial charge in [0.15, 0.2) is 0 Å². The normalized spacial score (nSPS) is 16.2. The number of carbonyl (C=O) groups is 1. The van der Waals surface area contributed by atoms with Crippen molar-refractivity contribution in [2.24, 2.45) is 16.7 Å². The van der Waals surface area contributed by atoms with Crippen molar-refractivity contribution < 1.29 is 9.53 Å². The minimum atomic E-state index is -0.0447. The fourth-order valence-corrected chi connectivity index (χ4v) is 1.80. The fraction of sp³-hybridized carbons (Fsp3) is 0.938. The molecule has 0 aliphatic carbocycles. The molecule has 0 amide bonds. The molecular formula is C16H32O2. The molecule has 18 heavy (non-hydrogen) atoms. The molecule has 0 saturated carbocycles. The zero-order valence-electron chi connectivity index (χ0n) is 13.6. The second-order valence-electron chi connectivity index (χ2n) is 7.30. The Kier molecular flexibility index (Phi) is 6.39. The Hall–Kier alpha value is -0.530. The Morgan fingerprint density at radius 1 is 1.11 bits per heavy atom. The Balaban J connectivity index is 4.86. The van der Waals surface area contributed by atoms with Gasteiger partial charge in [-0.15, -0.1) is 0 Å². The molecule has 0 N–H and O–H groups in total. The smallest absolute Gasteiger partial charge is 0.309 e. The van der Waals surface area contributed by atoms with E-state index in [1.54, 1.807) is 0 Å². The van der Waals surface area contributed by atoms with Crippen molar-refractivity contribution in [1.82, 2.24) is 0 Å². The van der Waals surface area contributed by atoms with Crippen molar-refractivity contribution in [2.45, 2.75) is 80.8 Å². The summed E-state index contributed by atoms with van der Waals surface area (Å²) in [6.07, 6.45) is 2.87. The Morgan fingerprint density at radius 2 is 1.61 bits per heavy atom. The third-order valence-electron chi connectivity index (χ3n) is 3.94. The van der Waals surface area contributed by atoms with E-state index in [4.69, 9.17) is 4.74 Å². The summed E-state index contributed by atoms with van der Waals surface area (Å²) in [5.41, 5.74) is 0.142. The highest BCUT2D eigenvalue weighted by atomic mass is 16.5. The maximum atomic E-state index is 12.3. The van der Waals surface area contributed by atoms with Crippen LogP contribution in [0.3, 0.4) is 0 Å². The molecule has 0 saturated heterocycles. The van der Waals surface area contributed by atoms with Gasteiger partial charge >= 0.3 is 5.97 Å². The first-order valence-corrected chi connectivity index (χ1v) is 7.24. The molecule has 2 nitrogen and oxygen atoms in total. The summed E-state index contributed by atoms with van der Waals surface area (Å²) in [5, 5.41) is 0. The van der Waals surface area contributed by atoms with Crippen LogP contribution in [-0.4, -0.2) is 12.1 Å². The predicted molar refractivity (Wildman–Crippen MR) is 77.5 cm³/mol. The summed E-state index contributed by atoms with van der Waals surface area (Å²) in [4.78, 5) is 12.3. The lowest BCUT2D eigenvalue weighted by Crippen LogP contribution is -2.35. The van der Waals surface area contributed by atoms with E-state index in [9.17, 15) is 4.79 Å². The van der Waals surface area contributed by atoms with Crippen LogP contribution < -0.4 is 0 Å². The lowest BCUT2D eigenvalue weighted by atomic mass is 9.70. The topological polar surface area (TPSA) is 26.3 Å². The van der Waals surface area contributed by atoms with Crippen molar-refractivity contribution in [2.75, 3.05) is 0 Å². The molecule has 2 heteroatoms. The van der Waals surface area contributed by atoms with Crippen molar-refractivity contribution in [1.29, 1.82) is 0 Å².